The van der Waals surface area contributed by atoms with Crippen molar-refractivity contribution in [2.75, 3.05) is 7.11 Å². The van der Waals surface area contributed by atoms with Gasteiger partial charge in [0.1, 0.15) is 0 Å². The number of carbonyl (C=O) groups excluding carboxylic acids is 1. The number of rotatable bonds is 6. The van der Waals surface area contributed by atoms with Crippen molar-refractivity contribution in [2.24, 2.45) is 0 Å². The second kappa shape index (κ2) is 8.71. The molecule has 0 amide bonds. The van der Waals surface area contributed by atoms with E-state index in [2.05, 4.69) is 4.98 Å². The molecular weight excluding hydrogens is 385 g/mol. The first-order valence-corrected chi connectivity index (χ1v) is 8.77. The highest BCUT2D eigenvalue weighted by Crippen LogP contribution is 2.38. The Morgan fingerprint density at radius 2 is 1.70 bits per heavy atom. The number of hydrogen-bond acceptors (Lipinski definition) is 4. The molecule has 0 radical (unpaired) electrons. The van der Waals surface area contributed by atoms with Crippen LogP contribution in [0.15, 0.2) is 66.9 Å². The molecule has 27 heavy (non-hydrogen) atoms. The minimum absolute atomic E-state index is 0.150. The number of aromatic nitrogens is 1. The number of ether oxygens (including phenoxy) is 2. The average Bonchev–Trinajstić information content (AvgIpc) is 2.70. The quantitative estimate of drug-likeness (QED) is 0.371. The maximum atomic E-state index is 12.6. The van der Waals surface area contributed by atoms with Crippen LogP contribution in [0.3, 0.4) is 0 Å². The Morgan fingerprint density at radius 1 is 1.00 bits per heavy atom. The summed E-state index contributed by atoms with van der Waals surface area (Å²) in [6.45, 7) is 0. The van der Waals surface area contributed by atoms with E-state index in [-0.39, 0.29) is 11.7 Å². The van der Waals surface area contributed by atoms with Gasteiger partial charge in [-0.05, 0) is 23.8 Å². The fourth-order valence-corrected chi connectivity index (χ4v) is 2.65. The second-order valence-electron chi connectivity index (χ2n) is 5.48. The highest BCUT2D eigenvalue weighted by atomic mass is 35.5. The van der Waals surface area contributed by atoms with Crippen molar-refractivity contribution in [1.82, 2.24) is 4.98 Å². The Hall–Kier alpha value is -2.82. The van der Waals surface area contributed by atoms with E-state index in [1.54, 1.807) is 24.3 Å². The SMILES string of the molecule is COc1cc(Cl)c(Cl)cc1Oc1ncccc1C(=O)/C=C/c1ccccc1. The maximum Gasteiger partial charge on any atom is 0.230 e. The van der Waals surface area contributed by atoms with Gasteiger partial charge in [0.05, 0.1) is 22.7 Å². The third kappa shape index (κ3) is 4.67. The summed E-state index contributed by atoms with van der Waals surface area (Å²) in [7, 11) is 1.49. The third-order valence-corrected chi connectivity index (χ3v) is 4.40. The standard InChI is InChI=1S/C21H15Cl2NO3/c1-26-19-12-16(22)17(23)13-20(19)27-21-15(8-5-11-24-21)18(25)10-9-14-6-3-2-4-7-14/h2-13H,1H3/b10-9+. The van der Waals surface area contributed by atoms with E-state index in [4.69, 9.17) is 32.7 Å². The number of carbonyl (C=O) groups is 1. The van der Waals surface area contributed by atoms with Gasteiger partial charge in [0.25, 0.3) is 0 Å². The summed E-state index contributed by atoms with van der Waals surface area (Å²) in [6, 6.07) is 15.9. The van der Waals surface area contributed by atoms with Gasteiger partial charge in [-0.3, -0.25) is 4.79 Å². The largest absolute Gasteiger partial charge is 0.493 e. The van der Waals surface area contributed by atoms with Crippen LogP contribution in [-0.2, 0) is 0 Å². The Balaban J connectivity index is 1.90. The first kappa shape index (κ1) is 19.0. The molecule has 0 aliphatic rings. The number of halogens is 2. The van der Waals surface area contributed by atoms with E-state index in [1.807, 2.05) is 30.3 Å². The molecule has 0 bridgehead atoms. The lowest BCUT2D eigenvalue weighted by molar-refractivity contribution is 0.104. The maximum absolute atomic E-state index is 12.6. The van der Waals surface area contributed by atoms with E-state index >= 15 is 0 Å². The molecule has 0 saturated heterocycles. The first-order chi connectivity index (χ1) is 13.1. The number of benzene rings is 2. The molecule has 0 saturated carbocycles. The van der Waals surface area contributed by atoms with Crippen LogP contribution < -0.4 is 9.47 Å². The molecular formula is C21H15Cl2NO3. The lowest BCUT2D eigenvalue weighted by atomic mass is 10.1. The van der Waals surface area contributed by atoms with Crippen molar-refractivity contribution in [3.8, 4) is 17.4 Å². The lowest BCUT2D eigenvalue weighted by Gasteiger charge is -2.12. The Kier molecular flexibility index (Phi) is 6.12. The summed E-state index contributed by atoms with van der Waals surface area (Å²) in [4.78, 5) is 16.8. The Labute approximate surface area is 167 Å². The van der Waals surface area contributed by atoms with Gasteiger partial charge in [-0.25, -0.2) is 4.98 Å². The molecule has 0 aliphatic carbocycles. The van der Waals surface area contributed by atoms with Gasteiger partial charge in [-0.2, -0.15) is 0 Å². The zero-order chi connectivity index (χ0) is 19.2. The molecule has 136 valence electrons. The first-order valence-electron chi connectivity index (χ1n) is 8.02. The molecule has 4 nitrogen and oxygen atoms in total. The summed E-state index contributed by atoms with van der Waals surface area (Å²) in [5.74, 6) is 0.609. The fraction of sp³-hybridized carbons (Fsp3) is 0.0476. The molecule has 0 spiro atoms. The van der Waals surface area contributed by atoms with Crippen LogP contribution in [0.4, 0.5) is 0 Å². The fourth-order valence-electron chi connectivity index (χ4n) is 2.34. The Bertz CT molecular complexity index is 988. The molecule has 3 rings (SSSR count). The van der Waals surface area contributed by atoms with Crippen molar-refractivity contribution in [3.05, 3.63) is 88.0 Å². The molecule has 1 heterocycles. The van der Waals surface area contributed by atoms with Crippen LogP contribution >= 0.6 is 23.2 Å². The van der Waals surface area contributed by atoms with Crippen molar-refractivity contribution >= 4 is 35.1 Å². The molecule has 0 unspecified atom stereocenters. The van der Waals surface area contributed by atoms with E-state index in [0.29, 0.717) is 27.1 Å². The number of methoxy groups -OCH3 is 1. The minimum Gasteiger partial charge on any atom is -0.493 e. The highest BCUT2D eigenvalue weighted by Gasteiger charge is 2.16. The van der Waals surface area contributed by atoms with E-state index in [1.165, 1.54) is 25.4 Å². The highest BCUT2D eigenvalue weighted by molar-refractivity contribution is 6.42. The summed E-state index contributed by atoms with van der Waals surface area (Å²) < 4.78 is 11.1. The number of nitrogens with zero attached hydrogens (tertiary/aromatic N) is 1. The van der Waals surface area contributed by atoms with Gasteiger partial charge >= 0.3 is 0 Å². The van der Waals surface area contributed by atoms with E-state index in [9.17, 15) is 4.79 Å². The van der Waals surface area contributed by atoms with Crippen LogP contribution in [0.5, 0.6) is 17.4 Å². The van der Waals surface area contributed by atoms with Crippen molar-refractivity contribution in [3.63, 3.8) is 0 Å². The van der Waals surface area contributed by atoms with E-state index in [0.717, 1.165) is 5.56 Å². The van der Waals surface area contributed by atoms with Crippen LogP contribution in [0, 0.1) is 0 Å². The van der Waals surface area contributed by atoms with Crippen molar-refractivity contribution < 1.29 is 14.3 Å². The zero-order valence-corrected chi connectivity index (χ0v) is 15.9. The summed E-state index contributed by atoms with van der Waals surface area (Å²) >= 11 is 12.1. The van der Waals surface area contributed by atoms with Gasteiger partial charge in [0, 0.05) is 18.3 Å². The predicted molar refractivity (Wildman–Crippen MR) is 107 cm³/mol. The second-order valence-corrected chi connectivity index (χ2v) is 6.30. The van der Waals surface area contributed by atoms with Crippen molar-refractivity contribution in [2.45, 2.75) is 0 Å². The molecule has 0 aliphatic heterocycles. The molecule has 6 heteroatoms. The van der Waals surface area contributed by atoms with Crippen molar-refractivity contribution in [1.29, 1.82) is 0 Å². The normalized spacial score (nSPS) is 10.8. The Morgan fingerprint density at radius 3 is 2.41 bits per heavy atom. The number of pyridine rings is 1. The monoisotopic (exact) mass is 399 g/mol. The van der Waals surface area contributed by atoms with Gasteiger partial charge in [0.15, 0.2) is 17.3 Å². The van der Waals surface area contributed by atoms with Gasteiger partial charge in [-0.15, -0.1) is 0 Å². The van der Waals surface area contributed by atoms with Crippen LogP contribution in [0.25, 0.3) is 6.08 Å². The molecule has 2 aromatic carbocycles. The molecule has 0 atom stereocenters. The molecule has 3 aromatic rings. The van der Waals surface area contributed by atoms with Crippen LogP contribution in [0.1, 0.15) is 15.9 Å². The van der Waals surface area contributed by atoms with Gasteiger partial charge in [-0.1, -0.05) is 59.6 Å². The molecule has 1 aromatic heterocycles. The molecule has 0 fully saturated rings. The summed E-state index contributed by atoms with van der Waals surface area (Å²) in [6.07, 6.45) is 4.75. The number of hydrogen-bond donors (Lipinski definition) is 0. The lowest BCUT2D eigenvalue weighted by Crippen LogP contribution is -2.01. The average molecular weight is 400 g/mol. The van der Waals surface area contributed by atoms with Crippen LogP contribution in [-0.4, -0.2) is 17.9 Å². The summed E-state index contributed by atoms with van der Waals surface area (Å²) in [5, 5.41) is 0.643. The number of allylic oxidation sites excluding steroid dienone is 1. The smallest absolute Gasteiger partial charge is 0.230 e. The zero-order valence-electron chi connectivity index (χ0n) is 14.4. The van der Waals surface area contributed by atoms with Crippen LogP contribution in [0.2, 0.25) is 10.0 Å². The van der Waals surface area contributed by atoms with E-state index < -0.39 is 0 Å². The topological polar surface area (TPSA) is 48.4 Å². The van der Waals surface area contributed by atoms with Gasteiger partial charge in [0.2, 0.25) is 5.88 Å². The predicted octanol–water partition coefficient (Wildman–Crippen LogP) is 6.09. The molecule has 0 N–H and O–H groups in total. The van der Waals surface area contributed by atoms with Gasteiger partial charge < -0.3 is 9.47 Å². The minimum atomic E-state index is -0.235. The summed E-state index contributed by atoms with van der Waals surface area (Å²) in [5.41, 5.74) is 1.24. The third-order valence-electron chi connectivity index (χ3n) is 3.68. The number of ketones is 1.